The summed E-state index contributed by atoms with van der Waals surface area (Å²) in [5.41, 5.74) is 4.26. The number of rotatable bonds is 8. The van der Waals surface area contributed by atoms with Crippen LogP contribution < -0.4 is 20.1 Å². The molecule has 0 saturated heterocycles. The third-order valence-corrected chi connectivity index (χ3v) is 4.81. The summed E-state index contributed by atoms with van der Waals surface area (Å²) >= 11 is 0. The third-order valence-electron chi connectivity index (χ3n) is 4.81. The number of hydrogen-bond donors (Lipinski definition) is 2. The molecule has 3 aromatic rings. The molecule has 2 N–H and O–H groups in total. The van der Waals surface area contributed by atoms with E-state index >= 15 is 0 Å². The average molecular weight is 408 g/mol. The van der Waals surface area contributed by atoms with Crippen LogP contribution in [-0.4, -0.2) is 43.6 Å². The normalized spacial score (nSPS) is 11.3. The fourth-order valence-corrected chi connectivity index (χ4v) is 3.17. The second kappa shape index (κ2) is 10.3. The van der Waals surface area contributed by atoms with E-state index < -0.39 is 0 Å². The lowest BCUT2D eigenvalue weighted by Crippen LogP contribution is -2.31. The van der Waals surface area contributed by atoms with Gasteiger partial charge in [0.15, 0.2) is 17.5 Å². The molecule has 0 spiro atoms. The number of ether oxygens (including phenoxy) is 2. The second-order valence-electron chi connectivity index (χ2n) is 6.82. The Morgan fingerprint density at radius 2 is 1.83 bits per heavy atom. The van der Waals surface area contributed by atoms with Crippen molar-refractivity contribution in [2.24, 2.45) is 4.99 Å². The third kappa shape index (κ3) is 5.31. The van der Waals surface area contributed by atoms with Crippen molar-refractivity contribution >= 4 is 11.6 Å². The Bertz CT molecular complexity index is 983. The molecule has 7 heteroatoms. The lowest BCUT2D eigenvalue weighted by atomic mass is 10.1. The average Bonchev–Trinajstić information content (AvgIpc) is 3.16. The molecule has 0 bridgehead atoms. The van der Waals surface area contributed by atoms with Gasteiger partial charge < -0.3 is 20.1 Å². The van der Waals surface area contributed by atoms with Gasteiger partial charge in [0, 0.05) is 31.5 Å². The van der Waals surface area contributed by atoms with Crippen molar-refractivity contribution in [3.05, 3.63) is 66.0 Å². The Morgan fingerprint density at radius 3 is 2.53 bits per heavy atom. The van der Waals surface area contributed by atoms with E-state index in [2.05, 4.69) is 46.0 Å². The number of anilines is 1. The van der Waals surface area contributed by atoms with Gasteiger partial charge in [-0.25, -0.2) is 4.68 Å². The summed E-state index contributed by atoms with van der Waals surface area (Å²) in [4.78, 5) is 4.29. The van der Waals surface area contributed by atoms with Crippen molar-refractivity contribution in [1.82, 2.24) is 15.1 Å². The predicted octanol–water partition coefficient (Wildman–Crippen LogP) is 3.82. The van der Waals surface area contributed by atoms with Gasteiger partial charge in [-0.3, -0.25) is 4.99 Å². The van der Waals surface area contributed by atoms with Crippen LogP contribution in [0.4, 0.5) is 5.69 Å². The molecule has 0 atom stereocenters. The Kier molecular flexibility index (Phi) is 7.32. The van der Waals surface area contributed by atoms with Crippen LogP contribution in [0.2, 0.25) is 0 Å². The molecule has 0 aliphatic rings. The first-order valence-corrected chi connectivity index (χ1v) is 9.95. The number of hydrogen-bond acceptors (Lipinski definition) is 4. The molecule has 1 aromatic heterocycles. The fourth-order valence-electron chi connectivity index (χ4n) is 3.17. The minimum absolute atomic E-state index is 0.670. The van der Waals surface area contributed by atoms with Gasteiger partial charge in [0.2, 0.25) is 0 Å². The number of nitrogens with zero attached hydrogens (tertiary/aromatic N) is 3. The van der Waals surface area contributed by atoms with Crippen LogP contribution in [0.1, 0.15) is 17.7 Å². The topological polar surface area (TPSA) is 72.7 Å². The second-order valence-corrected chi connectivity index (χ2v) is 6.82. The molecule has 0 aliphatic carbocycles. The molecule has 7 nitrogen and oxygen atoms in total. The molecular weight excluding hydrogens is 378 g/mol. The molecule has 0 fully saturated rings. The van der Waals surface area contributed by atoms with E-state index in [1.54, 1.807) is 21.3 Å². The van der Waals surface area contributed by atoms with Crippen LogP contribution in [0, 0.1) is 6.92 Å². The Balaban J connectivity index is 1.52. The zero-order valence-corrected chi connectivity index (χ0v) is 18.0. The highest BCUT2D eigenvalue weighted by Gasteiger charge is 2.08. The zero-order valence-electron chi connectivity index (χ0n) is 18.0. The summed E-state index contributed by atoms with van der Waals surface area (Å²) in [5, 5.41) is 11.3. The minimum Gasteiger partial charge on any atom is -0.493 e. The van der Waals surface area contributed by atoms with E-state index in [0.717, 1.165) is 36.5 Å². The quantitative estimate of drug-likeness (QED) is 0.337. The minimum atomic E-state index is 0.670. The largest absolute Gasteiger partial charge is 0.493 e. The molecule has 158 valence electrons. The summed E-state index contributed by atoms with van der Waals surface area (Å²) in [6.07, 6.45) is 4.02. The number of aromatic nitrogens is 2. The highest BCUT2D eigenvalue weighted by Crippen LogP contribution is 2.29. The summed E-state index contributed by atoms with van der Waals surface area (Å²) in [6.45, 7) is 2.85. The smallest absolute Gasteiger partial charge is 0.195 e. The molecule has 0 saturated carbocycles. The van der Waals surface area contributed by atoms with Crippen molar-refractivity contribution in [3.8, 4) is 17.2 Å². The Morgan fingerprint density at radius 1 is 1.07 bits per heavy atom. The highest BCUT2D eigenvalue weighted by atomic mass is 16.5. The number of aryl methyl sites for hydroxylation is 2. The van der Waals surface area contributed by atoms with E-state index in [9.17, 15) is 0 Å². The van der Waals surface area contributed by atoms with Crippen LogP contribution in [0.3, 0.4) is 0 Å². The summed E-state index contributed by atoms with van der Waals surface area (Å²) in [5.74, 6) is 2.07. The van der Waals surface area contributed by atoms with E-state index in [0.29, 0.717) is 17.5 Å². The van der Waals surface area contributed by atoms with Crippen molar-refractivity contribution in [2.75, 3.05) is 33.1 Å². The van der Waals surface area contributed by atoms with Gasteiger partial charge >= 0.3 is 0 Å². The van der Waals surface area contributed by atoms with Gasteiger partial charge in [-0.1, -0.05) is 18.2 Å². The van der Waals surface area contributed by atoms with Crippen LogP contribution in [0.25, 0.3) is 5.69 Å². The van der Waals surface area contributed by atoms with Crippen LogP contribution in [0.15, 0.2) is 59.7 Å². The molecule has 1 heterocycles. The lowest BCUT2D eigenvalue weighted by Gasteiger charge is -2.14. The Hall–Kier alpha value is -3.48. The highest BCUT2D eigenvalue weighted by molar-refractivity contribution is 5.93. The van der Waals surface area contributed by atoms with E-state index in [1.807, 2.05) is 41.1 Å². The maximum absolute atomic E-state index is 5.35. The molecule has 0 radical (unpaired) electrons. The van der Waals surface area contributed by atoms with E-state index in [4.69, 9.17) is 9.47 Å². The number of nitrogens with one attached hydrogen (secondary N) is 2. The SMILES string of the molecule is CN=C(NCCCc1cn(-c2ccccc2)nc1C)Nc1ccc(OC)c(OC)c1. The zero-order chi connectivity index (χ0) is 21.3. The van der Waals surface area contributed by atoms with E-state index in [1.165, 1.54) is 5.56 Å². The molecule has 0 amide bonds. The van der Waals surface area contributed by atoms with Crippen molar-refractivity contribution in [2.45, 2.75) is 19.8 Å². The van der Waals surface area contributed by atoms with Crippen LogP contribution >= 0.6 is 0 Å². The van der Waals surface area contributed by atoms with Gasteiger partial charge in [-0.2, -0.15) is 5.10 Å². The molecular formula is C23H29N5O2. The van der Waals surface area contributed by atoms with Gasteiger partial charge in [0.1, 0.15) is 0 Å². The number of aliphatic imine (C=N–C) groups is 1. The maximum atomic E-state index is 5.35. The first-order valence-electron chi connectivity index (χ1n) is 9.95. The Labute approximate surface area is 177 Å². The molecule has 0 aliphatic heterocycles. The standard InChI is InChI=1S/C23H29N5O2/c1-17-18(16-28(27-17)20-10-6-5-7-11-20)9-8-14-25-23(24-2)26-19-12-13-21(29-3)22(15-19)30-4/h5-7,10-13,15-16H,8-9,14H2,1-4H3,(H2,24,25,26). The monoisotopic (exact) mass is 407 g/mol. The number of benzene rings is 2. The predicted molar refractivity (Wildman–Crippen MR) is 121 cm³/mol. The van der Waals surface area contributed by atoms with Gasteiger partial charge in [-0.15, -0.1) is 0 Å². The van der Waals surface area contributed by atoms with E-state index in [-0.39, 0.29) is 0 Å². The molecule has 3 rings (SSSR count). The molecule has 30 heavy (non-hydrogen) atoms. The van der Waals surface area contributed by atoms with Crippen LogP contribution in [-0.2, 0) is 6.42 Å². The van der Waals surface area contributed by atoms with Gasteiger partial charge in [-0.05, 0) is 49.6 Å². The summed E-state index contributed by atoms with van der Waals surface area (Å²) < 4.78 is 12.6. The lowest BCUT2D eigenvalue weighted by molar-refractivity contribution is 0.355. The van der Waals surface area contributed by atoms with Crippen LogP contribution in [0.5, 0.6) is 11.5 Å². The van der Waals surface area contributed by atoms with Crippen molar-refractivity contribution < 1.29 is 9.47 Å². The first kappa shape index (κ1) is 21.2. The van der Waals surface area contributed by atoms with Crippen molar-refractivity contribution in [3.63, 3.8) is 0 Å². The number of para-hydroxylation sites is 1. The number of guanidine groups is 1. The van der Waals surface area contributed by atoms with Crippen molar-refractivity contribution in [1.29, 1.82) is 0 Å². The van der Waals surface area contributed by atoms with Gasteiger partial charge in [0.05, 0.1) is 25.6 Å². The van der Waals surface area contributed by atoms with Gasteiger partial charge in [0.25, 0.3) is 0 Å². The summed E-state index contributed by atoms with van der Waals surface area (Å²) in [7, 11) is 5.00. The fraction of sp³-hybridized carbons (Fsp3) is 0.304. The maximum Gasteiger partial charge on any atom is 0.195 e. The first-order chi connectivity index (χ1) is 14.6. The summed E-state index contributed by atoms with van der Waals surface area (Å²) in [6, 6.07) is 15.8. The number of methoxy groups -OCH3 is 2. The molecule has 0 unspecified atom stereocenters. The molecule has 2 aromatic carbocycles.